The van der Waals surface area contributed by atoms with Crippen molar-refractivity contribution in [3.05, 3.63) is 35.5 Å². The van der Waals surface area contributed by atoms with Crippen LogP contribution in [-0.4, -0.2) is 10.4 Å². The van der Waals surface area contributed by atoms with Crippen LogP contribution in [0.2, 0.25) is 5.02 Å². The largest absolute Gasteiger partial charge is 0.347 e. The molecule has 0 spiro atoms. The SMILES string of the molecule is ClCCCn1ccc2c(Cl)cccc21. The molecule has 0 unspecified atom stereocenters. The number of nitrogens with zero attached hydrogens (tertiary/aromatic N) is 1. The van der Waals surface area contributed by atoms with E-state index in [9.17, 15) is 0 Å². The minimum Gasteiger partial charge on any atom is -0.347 e. The molecule has 1 nitrogen and oxygen atoms in total. The maximum Gasteiger partial charge on any atom is 0.0499 e. The first kappa shape index (κ1) is 9.88. The van der Waals surface area contributed by atoms with E-state index in [1.165, 1.54) is 5.52 Å². The first-order valence-corrected chi connectivity index (χ1v) is 5.53. The van der Waals surface area contributed by atoms with Gasteiger partial charge in [0.1, 0.15) is 0 Å². The highest BCUT2D eigenvalue weighted by molar-refractivity contribution is 6.35. The predicted molar refractivity (Wildman–Crippen MR) is 62.3 cm³/mol. The molecule has 0 aliphatic rings. The summed E-state index contributed by atoms with van der Waals surface area (Å²) in [6.07, 6.45) is 3.04. The second kappa shape index (κ2) is 4.24. The van der Waals surface area contributed by atoms with Crippen molar-refractivity contribution in [1.29, 1.82) is 0 Å². The van der Waals surface area contributed by atoms with Gasteiger partial charge in [0, 0.05) is 34.5 Å². The lowest BCUT2D eigenvalue weighted by molar-refractivity contribution is 0.707. The highest BCUT2D eigenvalue weighted by atomic mass is 35.5. The lowest BCUT2D eigenvalue weighted by Gasteiger charge is -2.03. The van der Waals surface area contributed by atoms with Gasteiger partial charge in [0.2, 0.25) is 0 Å². The van der Waals surface area contributed by atoms with E-state index in [0.29, 0.717) is 5.88 Å². The monoisotopic (exact) mass is 227 g/mol. The second-order valence-corrected chi connectivity index (χ2v) is 4.01. The average Bonchev–Trinajstić information content (AvgIpc) is 2.60. The Morgan fingerprint density at radius 1 is 1.21 bits per heavy atom. The molecule has 1 aromatic carbocycles. The lowest BCUT2D eigenvalue weighted by Crippen LogP contribution is -1.95. The Hall–Kier alpha value is -0.660. The van der Waals surface area contributed by atoms with Crippen LogP contribution in [-0.2, 0) is 6.54 Å². The maximum absolute atomic E-state index is 6.07. The number of hydrogen-bond acceptors (Lipinski definition) is 0. The first-order valence-electron chi connectivity index (χ1n) is 4.62. The molecule has 74 valence electrons. The fraction of sp³-hybridized carbons (Fsp3) is 0.273. The van der Waals surface area contributed by atoms with Gasteiger partial charge in [-0.15, -0.1) is 11.6 Å². The summed E-state index contributed by atoms with van der Waals surface area (Å²) in [6.45, 7) is 0.952. The van der Waals surface area contributed by atoms with Crippen LogP contribution in [0, 0.1) is 0 Å². The maximum atomic E-state index is 6.07. The van der Waals surface area contributed by atoms with Crippen LogP contribution in [0.3, 0.4) is 0 Å². The molecule has 14 heavy (non-hydrogen) atoms. The van der Waals surface area contributed by atoms with Crippen LogP contribution in [0.4, 0.5) is 0 Å². The van der Waals surface area contributed by atoms with Crippen molar-refractivity contribution in [3.63, 3.8) is 0 Å². The van der Waals surface area contributed by atoms with Gasteiger partial charge in [0.15, 0.2) is 0 Å². The van der Waals surface area contributed by atoms with E-state index >= 15 is 0 Å². The standard InChI is InChI=1S/C11H11Cl2N/c12-6-2-7-14-8-5-9-10(13)3-1-4-11(9)14/h1,3-5,8H,2,6-7H2. The van der Waals surface area contributed by atoms with Crippen molar-refractivity contribution in [2.45, 2.75) is 13.0 Å². The molecule has 0 radical (unpaired) electrons. The fourth-order valence-electron chi connectivity index (χ4n) is 1.61. The summed E-state index contributed by atoms with van der Waals surface area (Å²) in [7, 11) is 0. The summed E-state index contributed by atoms with van der Waals surface area (Å²) >= 11 is 11.7. The van der Waals surface area contributed by atoms with Crippen molar-refractivity contribution in [1.82, 2.24) is 4.57 Å². The van der Waals surface area contributed by atoms with Crippen molar-refractivity contribution in [2.24, 2.45) is 0 Å². The minimum atomic E-state index is 0.695. The normalized spacial score (nSPS) is 11.0. The number of rotatable bonds is 3. The van der Waals surface area contributed by atoms with Crippen LogP contribution in [0.1, 0.15) is 6.42 Å². The van der Waals surface area contributed by atoms with Gasteiger partial charge in [-0.3, -0.25) is 0 Å². The summed E-state index contributed by atoms with van der Waals surface area (Å²) in [5.74, 6) is 0.695. The van der Waals surface area contributed by atoms with Crippen LogP contribution in [0.5, 0.6) is 0 Å². The minimum absolute atomic E-state index is 0.695. The number of fused-ring (bicyclic) bond motifs is 1. The zero-order valence-corrected chi connectivity index (χ0v) is 9.22. The predicted octanol–water partition coefficient (Wildman–Crippen LogP) is 3.92. The molecule has 0 saturated carbocycles. The third kappa shape index (κ3) is 1.75. The highest BCUT2D eigenvalue weighted by Gasteiger charge is 2.02. The van der Waals surface area contributed by atoms with E-state index in [1.54, 1.807) is 0 Å². The highest BCUT2D eigenvalue weighted by Crippen LogP contribution is 2.24. The van der Waals surface area contributed by atoms with Crippen LogP contribution in [0.15, 0.2) is 30.5 Å². The van der Waals surface area contributed by atoms with E-state index in [-0.39, 0.29) is 0 Å². The van der Waals surface area contributed by atoms with Gasteiger partial charge in [-0.1, -0.05) is 17.7 Å². The molecule has 1 heterocycles. The van der Waals surface area contributed by atoms with Crippen LogP contribution in [0.25, 0.3) is 10.9 Å². The Morgan fingerprint density at radius 2 is 2.07 bits per heavy atom. The molecule has 0 atom stereocenters. The van der Waals surface area contributed by atoms with E-state index in [2.05, 4.69) is 16.8 Å². The summed E-state index contributed by atoms with van der Waals surface area (Å²) in [5.41, 5.74) is 1.18. The molecule has 0 fully saturated rings. The quantitative estimate of drug-likeness (QED) is 0.701. The van der Waals surface area contributed by atoms with Gasteiger partial charge < -0.3 is 4.57 Å². The van der Waals surface area contributed by atoms with E-state index < -0.39 is 0 Å². The molecule has 0 N–H and O–H groups in total. The van der Waals surface area contributed by atoms with E-state index in [0.717, 1.165) is 23.4 Å². The summed E-state index contributed by atoms with van der Waals surface area (Å²) in [5, 5.41) is 1.93. The topological polar surface area (TPSA) is 4.93 Å². The number of benzene rings is 1. The summed E-state index contributed by atoms with van der Waals surface area (Å²) < 4.78 is 2.18. The molecule has 0 aliphatic carbocycles. The molecular weight excluding hydrogens is 217 g/mol. The van der Waals surface area contributed by atoms with Gasteiger partial charge in [-0.25, -0.2) is 0 Å². The summed E-state index contributed by atoms with van der Waals surface area (Å²) in [6, 6.07) is 8.01. The molecule has 0 bridgehead atoms. The van der Waals surface area contributed by atoms with E-state index in [1.807, 2.05) is 18.2 Å². The van der Waals surface area contributed by atoms with Crippen molar-refractivity contribution in [2.75, 3.05) is 5.88 Å². The fourth-order valence-corrected chi connectivity index (χ4v) is 1.96. The molecule has 2 aromatic rings. The third-order valence-corrected chi connectivity index (χ3v) is 2.89. The van der Waals surface area contributed by atoms with Crippen molar-refractivity contribution < 1.29 is 0 Å². The second-order valence-electron chi connectivity index (χ2n) is 3.22. The molecule has 1 aromatic heterocycles. The number of alkyl halides is 1. The summed E-state index contributed by atoms with van der Waals surface area (Å²) in [4.78, 5) is 0. The number of hydrogen-bond donors (Lipinski definition) is 0. The average molecular weight is 228 g/mol. The Labute approximate surface area is 93.2 Å². The van der Waals surface area contributed by atoms with Gasteiger partial charge in [0.05, 0.1) is 0 Å². The van der Waals surface area contributed by atoms with Crippen molar-refractivity contribution >= 4 is 34.1 Å². The van der Waals surface area contributed by atoms with Crippen LogP contribution >= 0.6 is 23.2 Å². The Morgan fingerprint density at radius 3 is 2.86 bits per heavy atom. The van der Waals surface area contributed by atoms with Crippen LogP contribution < -0.4 is 0 Å². The van der Waals surface area contributed by atoms with Crippen molar-refractivity contribution in [3.8, 4) is 0 Å². The molecule has 0 aliphatic heterocycles. The lowest BCUT2D eigenvalue weighted by atomic mass is 10.2. The van der Waals surface area contributed by atoms with Gasteiger partial charge in [-0.2, -0.15) is 0 Å². The smallest absolute Gasteiger partial charge is 0.0499 e. The molecule has 3 heteroatoms. The van der Waals surface area contributed by atoms with Gasteiger partial charge >= 0.3 is 0 Å². The van der Waals surface area contributed by atoms with Gasteiger partial charge in [-0.05, 0) is 24.6 Å². The molecular formula is C11H11Cl2N. The number of aryl methyl sites for hydroxylation is 1. The zero-order valence-electron chi connectivity index (χ0n) is 7.71. The number of halogens is 2. The molecule has 2 rings (SSSR count). The van der Waals surface area contributed by atoms with Gasteiger partial charge in [0.25, 0.3) is 0 Å². The Balaban J connectivity index is 2.42. The van der Waals surface area contributed by atoms with E-state index in [4.69, 9.17) is 23.2 Å². The molecule has 0 amide bonds. The number of aromatic nitrogens is 1. The Kier molecular flexibility index (Phi) is 2.99. The zero-order chi connectivity index (χ0) is 9.97. The Bertz CT molecular complexity index is 434. The molecule has 0 saturated heterocycles. The first-order chi connectivity index (χ1) is 6.83. The third-order valence-electron chi connectivity index (χ3n) is 2.29.